The second-order valence-electron chi connectivity index (χ2n) is 4.61. The Bertz CT molecular complexity index is 769. The highest BCUT2D eigenvalue weighted by molar-refractivity contribution is 6.04. The molecular formula is C15H13N5O2. The van der Waals surface area contributed by atoms with Crippen molar-refractivity contribution in [3.05, 3.63) is 66.0 Å². The highest BCUT2D eigenvalue weighted by atomic mass is 16.3. The number of hydrogen-bond acceptors (Lipinski definition) is 5. The number of tetrazole rings is 1. The molecule has 0 atom stereocenters. The lowest BCUT2D eigenvalue weighted by molar-refractivity contribution is 0.102. The van der Waals surface area contributed by atoms with E-state index in [1.807, 2.05) is 0 Å². The molecule has 0 aliphatic rings. The summed E-state index contributed by atoms with van der Waals surface area (Å²) < 4.78 is 1.51. The van der Waals surface area contributed by atoms with E-state index in [4.69, 9.17) is 5.11 Å². The Labute approximate surface area is 126 Å². The highest BCUT2D eigenvalue weighted by Gasteiger charge is 2.07. The first-order chi connectivity index (χ1) is 10.8. The molecule has 1 aromatic heterocycles. The van der Waals surface area contributed by atoms with Crippen molar-refractivity contribution in [1.82, 2.24) is 20.2 Å². The van der Waals surface area contributed by atoms with Crippen LogP contribution in [0.25, 0.3) is 5.69 Å². The topological polar surface area (TPSA) is 92.9 Å². The number of amides is 1. The predicted octanol–water partition coefficient (Wildman–Crippen LogP) is 1.41. The number of nitrogens with zero attached hydrogens (tertiary/aromatic N) is 4. The van der Waals surface area contributed by atoms with Gasteiger partial charge in [-0.1, -0.05) is 12.1 Å². The van der Waals surface area contributed by atoms with Crippen LogP contribution in [0.3, 0.4) is 0 Å². The lowest BCUT2D eigenvalue weighted by Gasteiger charge is -2.07. The molecule has 0 aliphatic carbocycles. The van der Waals surface area contributed by atoms with Gasteiger partial charge in [-0.05, 0) is 52.4 Å². The molecule has 110 valence electrons. The first kappa shape index (κ1) is 13.9. The van der Waals surface area contributed by atoms with E-state index in [0.717, 1.165) is 11.3 Å². The zero-order valence-electron chi connectivity index (χ0n) is 11.5. The van der Waals surface area contributed by atoms with Gasteiger partial charge in [-0.3, -0.25) is 4.79 Å². The van der Waals surface area contributed by atoms with Gasteiger partial charge in [-0.2, -0.15) is 0 Å². The number of aromatic nitrogens is 4. The maximum Gasteiger partial charge on any atom is 0.255 e. The van der Waals surface area contributed by atoms with Crippen LogP contribution in [-0.2, 0) is 6.61 Å². The minimum absolute atomic E-state index is 0.0651. The van der Waals surface area contributed by atoms with Gasteiger partial charge in [-0.15, -0.1) is 5.10 Å². The summed E-state index contributed by atoms with van der Waals surface area (Å²) in [5.74, 6) is -0.224. The molecule has 1 heterocycles. The number of rotatable bonds is 4. The number of hydrogen-bond donors (Lipinski definition) is 2. The molecular weight excluding hydrogens is 282 g/mol. The summed E-state index contributed by atoms with van der Waals surface area (Å²) in [7, 11) is 0. The molecule has 0 unspecified atom stereocenters. The second-order valence-corrected chi connectivity index (χ2v) is 4.61. The first-order valence-electron chi connectivity index (χ1n) is 6.61. The lowest BCUT2D eigenvalue weighted by Crippen LogP contribution is -2.12. The van der Waals surface area contributed by atoms with E-state index >= 15 is 0 Å². The third-order valence-electron chi connectivity index (χ3n) is 3.11. The quantitative estimate of drug-likeness (QED) is 0.759. The zero-order valence-corrected chi connectivity index (χ0v) is 11.5. The fourth-order valence-electron chi connectivity index (χ4n) is 2.00. The Morgan fingerprint density at radius 1 is 1.18 bits per heavy atom. The van der Waals surface area contributed by atoms with Crippen molar-refractivity contribution >= 4 is 11.6 Å². The van der Waals surface area contributed by atoms with Gasteiger partial charge in [0.2, 0.25) is 0 Å². The van der Waals surface area contributed by atoms with Crippen molar-refractivity contribution in [3.63, 3.8) is 0 Å². The van der Waals surface area contributed by atoms with Crippen molar-refractivity contribution in [2.24, 2.45) is 0 Å². The molecule has 0 radical (unpaired) electrons. The highest BCUT2D eigenvalue weighted by Crippen LogP contribution is 2.13. The minimum atomic E-state index is -0.224. The van der Waals surface area contributed by atoms with Crippen LogP contribution in [0.5, 0.6) is 0 Å². The van der Waals surface area contributed by atoms with Crippen LogP contribution >= 0.6 is 0 Å². The molecule has 1 amide bonds. The van der Waals surface area contributed by atoms with Crippen LogP contribution in [-0.4, -0.2) is 31.2 Å². The van der Waals surface area contributed by atoms with Gasteiger partial charge in [0, 0.05) is 11.3 Å². The van der Waals surface area contributed by atoms with Gasteiger partial charge in [0.1, 0.15) is 6.33 Å². The van der Waals surface area contributed by atoms with Gasteiger partial charge in [-0.25, -0.2) is 4.68 Å². The third-order valence-corrected chi connectivity index (χ3v) is 3.11. The van der Waals surface area contributed by atoms with E-state index < -0.39 is 0 Å². The smallest absolute Gasteiger partial charge is 0.255 e. The maximum absolute atomic E-state index is 12.2. The van der Waals surface area contributed by atoms with E-state index in [1.54, 1.807) is 48.5 Å². The molecule has 22 heavy (non-hydrogen) atoms. The summed E-state index contributed by atoms with van der Waals surface area (Å²) in [6, 6.07) is 14.0. The minimum Gasteiger partial charge on any atom is -0.392 e. The van der Waals surface area contributed by atoms with Crippen molar-refractivity contribution in [1.29, 1.82) is 0 Å². The molecule has 0 bridgehead atoms. The summed E-state index contributed by atoms with van der Waals surface area (Å²) in [6.45, 7) is -0.0651. The average molecular weight is 295 g/mol. The largest absolute Gasteiger partial charge is 0.392 e. The van der Waals surface area contributed by atoms with Crippen LogP contribution in [0.2, 0.25) is 0 Å². The second kappa shape index (κ2) is 6.15. The third kappa shape index (κ3) is 2.99. The average Bonchev–Trinajstić information content (AvgIpc) is 3.09. The number of anilines is 1. The van der Waals surface area contributed by atoms with E-state index in [0.29, 0.717) is 11.3 Å². The molecule has 3 aromatic rings. The Balaban J connectivity index is 1.74. The summed E-state index contributed by atoms with van der Waals surface area (Å²) in [4.78, 5) is 12.2. The number of benzene rings is 2. The number of aliphatic hydroxyl groups is 1. The Kier molecular flexibility index (Phi) is 3.88. The molecule has 0 aliphatic heterocycles. The normalized spacial score (nSPS) is 10.4. The van der Waals surface area contributed by atoms with Crippen molar-refractivity contribution in [3.8, 4) is 5.69 Å². The van der Waals surface area contributed by atoms with Crippen molar-refractivity contribution in [2.75, 3.05) is 5.32 Å². The van der Waals surface area contributed by atoms with Gasteiger partial charge in [0.25, 0.3) is 5.91 Å². The molecule has 0 saturated carbocycles. The van der Waals surface area contributed by atoms with Crippen molar-refractivity contribution < 1.29 is 9.90 Å². The molecule has 7 nitrogen and oxygen atoms in total. The van der Waals surface area contributed by atoms with Gasteiger partial charge in [0.05, 0.1) is 12.3 Å². The number of aliphatic hydroxyl groups excluding tert-OH is 1. The van der Waals surface area contributed by atoms with Crippen LogP contribution in [0.4, 0.5) is 5.69 Å². The number of nitrogens with one attached hydrogen (secondary N) is 1. The number of carbonyl (C=O) groups excluding carboxylic acids is 1. The van der Waals surface area contributed by atoms with E-state index in [-0.39, 0.29) is 12.5 Å². The molecule has 0 spiro atoms. The van der Waals surface area contributed by atoms with Crippen LogP contribution in [0.1, 0.15) is 15.9 Å². The molecule has 0 fully saturated rings. The number of carbonyl (C=O) groups is 1. The van der Waals surface area contributed by atoms with E-state index in [9.17, 15) is 4.79 Å². The van der Waals surface area contributed by atoms with E-state index in [2.05, 4.69) is 20.8 Å². The molecule has 7 heteroatoms. The molecule has 3 rings (SSSR count). The summed E-state index contributed by atoms with van der Waals surface area (Å²) in [6.07, 6.45) is 1.48. The molecule has 2 aromatic carbocycles. The monoisotopic (exact) mass is 295 g/mol. The Morgan fingerprint density at radius 3 is 2.68 bits per heavy atom. The fraction of sp³-hybridized carbons (Fsp3) is 0.0667. The maximum atomic E-state index is 12.2. The summed E-state index contributed by atoms with van der Waals surface area (Å²) in [5, 5.41) is 22.8. The lowest BCUT2D eigenvalue weighted by atomic mass is 10.1. The van der Waals surface area contributed by atoms with Crippen LogP contribution in [0.15, 0.2) is 54.9 Å². The van der Waals surface area contributed by atoms with E-state index in [1.165, 1.54) is 11.0 Å². The van der Waals surface area contributed by atoms with Crippen LogP contribution < -0.4 is 5.32 Å². The predicted molar refractivity (Wildman–Crippen MR) is 79.5 cm³/mol. The fourth-order valence-corrected chi connectivity index (χ4v) is 2.00. The SMILES string of the molecule is O=C(Nc1cccc(CO)c1)c1ccc(-n2cnnn2)cc1. The standard InChI is InChI=1S/C15H13N5O2/c21-9-11-2-1-3-13(8-11)17-15(22)12-4-6-14(7-5-12)20-10-16-18-19-20/h1-8,10,21H,9H2,(H,17,22). The van der Waals surface area contributed by atoms with Gasteiger partial charge < -0.3 is 10.4 Å². The van der Waals surface area contributed by atoms with Crippen LogP contribution in [0, 0.1) is 0 Å². The van der Waals surface area contributed by atoms with Gasteiger partial charge >= 0.3 is 0 Å². The van der Waals surface area contributed by atoms with Gasteiger partial charge in [0.15, 0.2) is 0 Å². The molecule has 2 N–H and O–H groups in total. The Morgan fingerprint density at radius 2 is 2.00 bits per heavy atom. The Hall–Kier alpha value is -3.06. The summed E-state index contributed by atoms with van der Waals surface area (Å²) in [5.41, 5.74) is 2.67. The first-order valence-corrected chi connectivity index (χ1v) is 6.61. The molecule has 0 saturated heterocycles. The summed E-state index contributed by atoms with van der Waals surface area (Å²) >= 11 is 0. The zero-order chi connectivity index (χ0) is 15.4. The van der Waals surface area contributed by atoms with Crippen molar-refractivity contribution in [2.45, 2.75) is 6.61 Å².